The Morgan fingerprint density at radius 3 is 2.58 bits per heavy atom. The third-order valence-corrected chi connectivity index (χ3v) is 3.96. The van der Waals surface area contributed by atoms with Gasteiger partial charge in [0, 0.05) is 27.9 Å². The summed E-state index contributed by atoms with van der Waals surface area (Å²) in [7, 11) is 0. The highest BCUT2D eigenvalue weighted by Crippen LogP contribution is 2.31. The number of hydrogen-bond acceptors (Lipinski definition) is 1. The molecule has 19 heavy (non-hydrogen) atoms. The van der Waals surface area contributed by atoms with Gasteiger partial charge in [-0.2, -0.15) is 0 Å². The molecule has 0 aliphatic carbocycles. The van der Waals surface area contributed by atoms with Crippen LogP contribution in [0.2, 0.25) is 0 Å². The quantitative estimate of drug-likeness (QED) is 0.486. The van der Waals surface area contributed by atoms with Crippen LogP contribution in [0.25, 0.3) is 32.7 Å². The maximum Gasteiger partial charge on any atom is 0.0723 e. The van der Waals surface area contributed by atoms with E-state index in [1.807, 2.05) is 12.3 Å². The van der Waals surface area contributed by atoms with Crippen LogP contribution in [0.15, 0.2) is 42.6 Å². The molecule has 0 fully saturated rings. The van der Waals surface area contributed by atoms with Gasteiger partial charge in [0.1, 0.15) is 0 Å². The average molecular weight is 246 g/mol. The van der Waals surface area contributed by atoms with E-state index in [2.05, 4.69) is 54.1 Å². The molecular formula is C17H14N2. The summed E-state index contributed by atoms with van der Waals surface area (Å²) < 4.78 is 0. The molecule has 0 radical (unpaired) electrons. The molecule has 0 saturated heterocycles. The Kier molecular flexibility index (Phi) is 1.99. The van der Waals surface area contributed by atoms with Gasteiger partial charge < -0.3 is 4.98 Å². The second kappa shape index (κ2) is 3.58. The second-order valence-electron chi connectivity index (χ2n) is 5.17. The molecule has 1 N–H and O–H groups in total. The van der Waals surface area contributed by atoms with Gasteiger partial charge in [-0.25, -0.2) is 0 Å². The highest BCUT2D eigenvalue weighted by Gasteiger charge is 2.09. The number of benzene rings is 2. The molecule has 0 amide bonds. The highest BCUT2D eigenvalue weighted by molar-refractivity contribution is 6.15. The summed E-state index contributed by atoms with van der Waals surface area (Å²) in [5, 5.41) is 3.65. The van der Waals surface area contributed by atoms with Crippen LogP contribution in [0.1, 0.15) is 11.1 Å². The number of nitrogens with one attached hydrogen (secondary N) is 1. The number of rotatable bonds is 0. The van der Waals surface area contributed by atoms with Gasteiger partial charge in [-0.15, -0.1) is 0 Å². The third-order valence-electron chi connectivity index (χ3n) is 3.96. The summed E-state index contributed by atoms with van der Waals surface area (Å²) >= 11 is 0. The summed E-state index contributed by atoms with van der Waals surface area (Å²) in [4.78, 5) is 8.11. The fourth-order valence-electron chi connectivity index (χ4n) is 2.76. The number of aromatic amines is 1. The fourth-order valence-corrected chi connectivity index (χ4v) is 2.76. The molecule has 4 rings (SSSR count). The Bertz CT molecular complexity index is 932. The summed E-state index contributed by atoms with van der Waals surface area (Å²) in [5.74, 6) is 0. The summed E-state index contributed by atoms with van der Waals surface area (Å²) in [6.45, 7) is 4.30. The predicted molar refractivity (Wildman–Crippen MR) is 80.6 cm³/mol. The van der Waals surface area contributed by atoms with Crippen molar-refractivity contribution in [3.8, 4) is 0 Å². The Labute approximate surface area is 111 Å². The molecule has 2 aromatic heterocycles. The van der Waals surface area contributed by atoms with Crippen LogP contribution in [0, 0.1) is 13.8 Å². The van der Waals surface area contributed by atoms with Gasteiger partial charge >= 0.3 is 0 Å². The van der Waals surface area contributed by atoms with Crippen molar-refractivity contribution in [2.75, 3.05) is 0 Å². The van der Waals surface area contributed by atoms with E-state index in [1.165, 1.54) is 38.3 Å². The number of aromatic nitrogens is 2. The Hall–Kier alpha value is -2.35. The van der Waals surface area contributed by atoms with E-state index in [1.54, 1.807) is 0 Å². The van der Waals surface area contributed by atoms with Gasteiger partial charge in [0.05, 0.1) is 11.0 Å². The van der Waals surface area contributed by atoms with E-state index < -0.39 is 0 Å². The molecule has 0 bridgehead atoms. The minimum atomic E-state index is 1.04. The molecule has 2 heteroatoms. The molecule has 0 aliphatic rings. The first kappa shape index (κ1) is 10.6. The average Bonchev–Trinajstić information content (AvgIpc) is 2.77. The number of H-pyrrole nitrogens is 1. The van der Waals surface area contributed by atoms with Gasteiger partial charge in [-0.3, -0.25) is 4.98 Å². The zero-order chi connectivity index (χ0) is 13.0. The third kappa shape index (κ3) is 1.40. The number of nitrogens with zero attached hydrogens (tertiary/aromatic N) is 1. The number of para-hydroxylation sites is 1. The first-order chi connectivity index (χ1) is 9.24. The molecule has 2 nitrogen and oxygen atoms in total. The van der Waals surface area contributed by atoms with E-state index in [0.717, 1.165) is 5.52 Å². The van der Waals surface area contributed by atoms with Gasteiger partial charge in [-0.05, 0) is 43.2 Å². The van der Waals surface area contributed by atoms with Crippen LogP contribution in [0.5, 0.6) is 0 Å². The zero-order valence-corrected chi connectivity index (χ0v) is 11.0. The monoisotopic (exact) mass is 246 g/mol. The minimum Gasteiger partial charge on any atom is -0.354 e. The molecule has 0 saturated carbocycles. The van der Waals surface area contributed by atoms with Crippen molar-refractivity contribution in [3.05, 3.63) is 53.7 Å². The topological polar surface area (TPSA) is 28.7 Å². The van der Waals surface area contributed by atoms with Gasteiger partial charge in [0.15, 0.2) is 0 Å². The van der Waals surface area contributed by atoms with Crippen molar-refractivity contribution in [3.63, 3.8) is 0 Å². The lowest BCUT2D eigenvalue weighted by molar-refractivity contribution is 1.36. The van der Waals surface area contributed by atoms with Crippen molar-refractivity contribution >= 4 is 32.7 Å². The van der Waals surface area contributed by atoms with Crippen molar-refractivity contribution in [1.82, 2.24) is 9.97 Å². The lowest BCUT2D eigenvalue weighted by Gasteiger charge is -1.99. The molecule has 0 aliphatic heterocycles. The van der Waals surface area contributed by atoms with Crippen molar-refractivity contribution in [2.45, 2.75) is 13.8 Å². The van der Waals surface area contributed by atoms with Crippen molar-refractivity contribution < 1.29 is 0 Å². The SMILES string of the molecule is Cc1cc2[nH]c3c4ccccc4ncc3c2cc1C. The highest BCUT2D eigenvalue weighted by atomic mass is 14.7. The molecular weight excluding hydrogens is 232 g/mol. The number of hydrogen-bond donors (Lipinski definition) is 1. The molecule has 4 aromatic rings. The summed E-state index contributed by atoms with van der Waals surface area (Å²) in [6.07, 6.45) is 1.98. The number of fused-ring (bicyclic) bond motifs is 5. The standard InChI is InChI=1S/C17H14N2/c1-10-7-13-14-9-18-15-6-4-3-5-12(15)17(14)19-16(13)8-11(10)2/h3-9,19H,1-2H3. The van der Waals surface area contributed by atoms with E-state index in [9.17, 15) is 0 Å². The molecule has 92 valence electrons. The summed E-state index contributed by atoms with van der Waals surface area (Å²) in [6, 6.07) is 12.7. The largest absolute Gasteiger partial charge is 0.354 e. The van der Waals surface area contributed by atoms with Crippen LogP contribution >= 0.6 is 0 Å². The van der Waals surface area contributed by atoms with Gasteiger partial charge in [0.2, 0.25) is 0 Å². The van der Waals surface area contributed by atoms with E-state index >= 15 is 0 Å². The van der Waals surface area contributed by atoms with Crippen LogP contribution in [-0.4, -0.2) is 9.97 Å². The first-order valence-corrected chi connectivity index (χ1v) is 6.50. The number of pyridine rings is 1. The lowest BCUT2D eigenvalue weighted by Crippen LogP contribution is -1.80. The zero-order valence-electron chi connectivity index (χ0n) is 11.0. The number of aryl methyl sites for hydroxylation is 2. The lowest BCUT2D eigenvalue weighted by atomic mass is 10.1. The summed E-state index contributed by atoms with van der Waals surface area (Å²) in [5.41, 5.74) is 6.05. The van der Waals surface area contributed by atoms with Crippen molar-refractivity contribution in [2.24, 2.45) is 0 Å². The van der Waals surface area contributed by atoms with Crippen LogP contribution in [-0.2, 0) is 0 Å². The van der Waals surface area contributed by atoms with Gasteiger partial charge in [-0.1, -0.05) is 18.2 Å². The van der Waals surface area contributed by atoms with E-state index in [-0.39, 0.29) is 0 Å². The molecule has 2 heterocycles. The second-order valence-corrected chi connectivity index (χ2v) is 5.17. The molecule has 0 spiro atoms. The predicted octanol–water partition coefficient (Wildman–Crippen LogP) is 4.49. The molecule has 0 unspecified atom stereocenters. The van der Waals surface area contributed by atoms with Crippen LogP contribution < -0.4 is 0 Å². The molecule has 0 atom stereocenters. The Morgan fingerprint density at radius 1 is 0.895 bits per heavy atom. The van der Waals surface area contributed by atoms with Crippen LogP contribution in [0.4, 0.5) is 0 Å². The van der Waals surface area contributed by atoms with E-state index in [4.69, 9.17) is 0 Å². The maximum atomic E-state index is 4.56. The van der Waals surface area contributed by atoms with Crippen molar-refractivity contribution in [1.29, 1.82) is 0 Å². The normalized spacial score (nSPS) is 11.7. The Balaban J connectivity index is 2.27. The smallest absolute Gasteiger partial charge is 0.0723 e. The van der Waals surface area contributed by atoms with Gasteiger partial charge in [0.25, 0.3) is 0 Å². The fraction of sp³-hybridized carbons (Fsp3) is 0.118. The first-order valence-electron chi connectivity index (χ1n) is 6.50. The maximum absolute atomic E-state index is 4.56. The molecule has 2 aromatic carbocycles. The van der Waals surface area contributed by atoms with E-state index in [0.29, 0.717) is 0 Å². The minimum absolute atomic E-state index is 1.04. The Morgan fingerprint density at radius 2 is 1.68 bits per heavy atom. The van der Waals surface area contributed by atoms with Crippen LogP contribution in [0.3, 0.4) is 0 Å².